The number of hydroxylamine groups is 2. The van der Waals surface area contributed by atoms with Crippen molar-refractivity contribution in [2.75, 3.05) is 13.1 Å². The first-order valence-corrected chi connectivity index (χ1v) is 9.46. The molecular formula is C20H34N4O4. The number of nitrogens with one attached hydrogen (secondary N) is 3. The van der Waals surface area contributed by atoms with Crippen molar-refractivity contribution in [2.45, 2.75) is 70.7 Å². The summed E-state index contributed by atoms with van der Waals surface area (Å²) in [5.41, 5.74) is -1.05. The molecule has 0 bridgehead atoms. The van der Waals surface area contributed by atoms with E-state index in [1.807, 2.05) is 27.7 Å². The normalized spacial score (nSPS) is 18.9. The number of hydrogen-bond donors (Lipinski definition) is 3. The molecule has 0 unspecified atom stereocenters. The molecule has 1 heterocycles. The van der Waals surface area contributed by atoms with Gasteiger partial charge in [-0.25, -0.2) is 0 Å². The van der Waals surface area contributed by atoms with Crippen LogP contribution in [0.4, 0.5) is 0 Å². The Morgan fingerprint density at radius 2 is 1.46 bits per heavy atom. The Bertz CT molecular complexity index is 573. The zero-order chi connectivity index (χ0) is 21.5. The summed E-state index contributed by atoms with van der Waals surface area (Å²) in [5.74, 6) is -1.18. The topological polar surface area (TPSA) is 99.8 Å². The van der Waals surface area contributed by atoms with Gasteiger partial charge >= 0.3 is 0 Å². The van der Waals surface area contributed by atoms with Crippen molar-refractivity contribution < 1.29 is 19.2 Å². The highest BCUT2D eigenvalue weighted by Crippen LogP contribution is 2.39. The first-order valence-electron chi connectivity index (χ1n) is 9.46. The smallest absolute Gasteiger partial charge is 0.261 e. The van der Waals surface area contributed by atoms with Gasteiger partial charge < -0.3 is 16.0 Å². The first-order chi connectivity index (χ1) is 12.9. The van der Waals surface area contributed by atoms with Gasteiger partial charge in [0.15, 0.2) is 0 Å². The van der Waals surface area contributed by atoms with Crippen LogP contribution in [0.15, 0.2) is 25.3 Å². The van der Waals surface area contributed by atoms with E-state index < -0.39 is 29.0 Å². The van der Waals surface area contributed by atoms with Gasteiger partial charge in [-0.2, -0.15) is 5.06 Å². The van der Waals surface area contributed by atoms with Gasteiger partial charge in [-0.1, -0.05) is 12.2 Å². The Morgan fingerprint density at radius 3 is 1.82 bits per heavy atom. The van der Waals surface area contributed by atoms with Gasteiger partial charge in [-0.3, -0.25) is 19.2 Å². The zero-order valence-electron chi connectivity index (χ0n) is 17.6. The molecule has 28 heavy (non-hydrogen) atoms. The lowest BCUT2D eigenvalue weighted by Gasteiger charge is -2.54. The van der Waals surface area contributed by atoms with Crippen LogP contribution in [0.2, 0.25) is 0 Å². The van der Waals surface area contributed by atoms with Crippen molar-refractivity contribution in [1.29, 1.82) is 0 Å². The van der Waals surface area contributed by atoms with Crippen molar-refractivity contribution in [3.8, 4) is 0 Å². The number of amides is 3. The summed E-state index contributed by atoms with van der Waals surface area (Å²) in [6.07, 6.45) is 2.94. The SMILES string of the molecule is C=CCNC(=O)C(ON1C(C)(C)CC(NC(C)=O)CC1(C)C)C(=O)NCC=C. The Labute approximate surface area is 167 Å². The molecule has 0 aromatic heterocycles. The van der Waals surface area contributed by atoms with Crippen LogP contribution in [0.3, 0.4) is 0 Å². The third kappa shape index (κ3) is 6.45. The van der Waals surface area contributed by atoms with E-state index in [9.17, 15) is 14.4 Å². The maximum absolute atomic E-state index is 12.6. The van der Waals surface area contributed by atoms with Gasteiger partial charge in [-0.05, 0) is 40.5 Å². The van der Waals surface area contributed by atoms with Crippen molar-refractivity contribution in [1.82, 2.24) is 21.0 Å². The third-order valence-electron chi connectivity index (χ3n) is 4.53. The van der Waals surface area contributed by atoms with Crippen molar-refractivity contribution in [3.05, 3.63) is 25.3 Å². The lowest BCUT2D eigenvalue weighted by Crippen LogP contribution is -2.66. The molecule has 0 radical (unpaired) electrons. The minimum absolute atomic E-state index is 0.0232. The summed E-state index contributed by atoms with van der Waals surface area (Å²) >= 11 is 0. The van der Waals surface area contributed by atoms with Crippen molar-refractivity contribution in [2.24, 2.45) is 0 Å². The number of hydrogen-bond acceptors (Lipinski definition) is 5. The van der Waals surface area contributed by atoms with Crippen LogP contribution < -0.4 is 16.0 Å². The lowest BCUT2D eigenvalue weighted by atomic mass is 9.79. The van der Waals surface area contributed by atoms with Gasteiger partial charge in [0.05, 0.1) is 0 Å². The summed E-state index contributed by atoms with van der Waals surface area (Å²) in [6.45, 7) is 16.9. The van der Waals surface area contributed by atoms with Crippen molar-refractivity contribution >= 4 is 17.7 Å². The highest BCUT2D eigenvalue weighted by atomic mass is 16.7. The van der Waals surface area contributed by atoms with Gasteiger partial charge in [0, 0.05) is 37.1 Å². The predicted octanol–water partition coefficient (Wildman–Crippen LogP) is 1.05. The van der Waals surface area contributed by atoms with E-state index in [4.69, 9.17) is 4.84 Å². The zero-order valence-corrected chi connectivity index (χ0v) is 17.6. The van der Waals surface area contributed by atoms with E-state index in [-0.39, 0.29) is 25.0 Å². The van der Waals surface area contributed by atoms with Crippen LogP contribution >= 0.6 is 0 Å². The maximum Gasteiger partial charge on any atom is 0.261 e. The Hall–Kier alpha value is -2.19. The van der Waals surface area contributed by atoms with Crippen LogP contribution in [0, 0.1) is 0 Å². The maximum atomic E-state index is 12.6. The molecule has 3 N–H and O–H groups in total. The first kappa shape index (κ1) is 23.8. The average Bonchev–Trinajstić information content (AvgIpc) is 2.55. The minimum Gasteiger partial charge on any atom is -0.353 e. The molecule has 1 saturated heterocycles. The Morgan fingerprint density at radius 1 is 1.04 bits per heavy atom. The summed E-state index contributed by atoms with van der Waals surface area (Å²) in [4.78, 5) is 42.6. The lowest BCUT2D eigenvalue weighted by molar-refractivity contribution is -0.296. The second-order valence-corrected chi connectivity index (χ2v) is 8.28. The molecule has 0 aromatic carbocycles. The minimum atomic E-state index is -1.35. The largest absolute Gasteiger partial charge is 0.353 e. The van der Waals surface area contributed by atoms with Gasteiger partial charge in [0.25, 0.3) is 11.8 Å². The predicted molar refractivity (Wildman–Crippen MR) is 108 cm³/mol. The van der Waals surface area contributed by atoms with Crippen LogP contribution in [0.25, 0.3) is 0 Å². The second kappa shape index (κ2) is 9.84. The van der Waals surface area contributed by atoms with E-state index in [2.05, 4.69) is 29.1 Å². The van der Waals surface area contributed by atoms with E-state index >= 15 is 0 Å². The summed E-state index contributed by atoms with van der Waals surface area (Å²) in [7, 11) is 0. The van der Waals surface area contributed by atoms with Gasteiger partial charge in [0.1, 0.15) is 0 Å². The molecular weight excluding hydrogens is 360 g/mol. The molecule has 0 aromatic rings. The number of carbonyl (C=O) groups excluding carboxylic acids is 3. The number of piperidine rings is 1. The molecule has 0 aliphatic carbocycles. The third-order valence-corrected chi connectivity index (χ3v) is 4.53. The molecule has 0 spiro atoms. The molecule has 1 aliphatic rings. The summed E-state index contributed by atoms with van der Waals surface area (Å²) in [6, 6.07) is -0.0232. The van der Waals surface area contributed by atoms with Crippen LogP contribution in [0.5, 0.6) is 0 Å². The highest BCUT2D eigenvalue weighted by Gasteiger charge is 2.49. The van der Waals surface area contributed by atoms with E-state index in [0.717, 1.165) is 0 Å². The molecule has 1 fully saturated rings. The van der Waals surface area contributed by atoms with Crippen LogP contribution in [-0.4, -0.2) is 59.1 Å². The fourth-order valence-electron chi connectivity index (χ4n) is 3.79. The van der Waals surface area contributed by atoms with E-state index in [1.165, 1.54) is 19.1 Å². The van der Waals surface area contributed by atoms with Gasteiger partial charge in [0.2, 0.25) is 12.0 Å². The summed E-state index contributed by atoms with van der Waals surface area (Å²) < 4.78 is 0. The second-order valence-electron chi connectivity index (χ2n) is 8.28. The molecule has 0 atom stereocenters. The number of nitrogens with zero attached hydrogens (tertiary/aromatic N) is 1. The molecule has 158 valence electrons. The summed E-state index contributed by atoms with van der Waals surface area (Å²) in [5, 5.41) is 9.91. The number of rotatable bonds is 9. The number of carbonyl (C=O) groups is 3. The molecule has 1 rings (SSSR count). The quantitative estimate of drug-likeness (QED) is 0.401. The molecule has 8 heteroatoms. The van der Waals surface area contributed by atoms with Gasteiger partial charge in [-0.15, -0.1) is 13.2 Å². The van der Waals surface area contributed by atoms with Crippen LogP contribution in [0.1, 0.15) is 47.5 Å². The van der Waals surface area contributed by atoms with Crippen molar-refractivity contribution in [3.63, 3.8) is 0 Å². The Balaban J connectivity index is 3.08. The molecule has 8 nitrogen and oxygen atoms in total. The molecule has 0 saturated carbocycles. The van der Waals surface area contributed by atoms with Crippen LogP contribution in [-0.2, 0) is 19.2 Å². The Kier molecular flexibility index (Phi) is 8.38. The van der Waals surface area contributed by atoms with E-state index in [0.29, 0.717) is 12.8 Å². The molecule has 1 aliphatic heterocycles. The fourth-order valence-corrected chi connectivity index (χ4v) is 3.79. The highest BCUT2D eigenvalue weighted by molar-refractivity contribution is 6.03. The fraction of sp³-hybridized carbons (Fsp3) is 0.650. The standard InChI is InChI=1S/C20H34N4O4/c1-8-10-21-17(26)16(18(27)22-11-9-2)28-24-19(4,5)12-15(23-14(3)25)13-20(24,6)7/h8-9,15-16H,1-2,10-13H2,3-7H3,(H,21,26)(H,22,27)(H,23,25). The molecule has 3 amide bonds. The average molecular weight is 395 g/mol. The van der Waals surface area contributed by atoms with E-state index in [1.54, 1.807) is 5.06 Å². The monoisotopic (exact) mass is 394 g/mol.